The first-order valence-electron chi connectivity index (χ1n) is 14.0. The monoisotopic (exact) mass is 506 g/mol. The summed E-state index contributed by atoms with van der Waals surface area (Å²) in [5, 5.41) is 9.30. The van der Waals surface area contributed by atoms with E-state index in [9.17, 15) is 10.1 Å². The SMILES string of the molecule is C=CC(CCN(CC(C)CC#N)c1nc(OC[C@@H]2CCCC2C=C)nc(CC)c1CCC)C(=O)/C=C/C. The molecule has 1 fully saturated rings. The van der Waals surface area contributed by atoms with Crippen molar-refractivity contribution < 1.29 is 9.53 Å². The number of carbonyl (C=O) groups is 1. The van der Waals surface area contributed by atoms with Crippen molar-refractivity contribution in [2.75, 3.05) is 24.6 Å². The standard InChI is InChI=1S/C31H46N4O2/c1-7-13-27-28(11-5)33-31(37-22-26-16-12-15-24(26)9-3)34-30(27)35(21-23(6)17-19-32)20-18-25(10-4)29(36)14-8-2/h8-10,14,23-26H,3-4,7,11-13,15-18,20-22H2,1-2,5-6H3/b14-8+/t23?,24?,25?,26-/m0/s1. The summed E-state index contributed by atoms with van der Waals surface area (Å²) in [7, 11) is 0. The van der Waals surface area contributed by atoms with Crippen molar-refractivity contribution in [2.45, 2.75) is 79.1 Å². The highest BCUT2D eigenvalue weighted by Crippen LogP contribution is 2.33. The average molecular weight is 507 g/mol. The van der Waals surface area contributed by atoms with E-state index < -0.39 is 0 Å². The summed E-state index contributed by atoms with van der Waals surface area (Å²) < 4.78 is 6.23. The Morgan fingerprint density at radius 3 is 2.70 bits per heavy atom. The fraction of sp³-hybridized carbons (Fsp3) is 0.613. The van der Waals surface area contributed by atoms with Gasteiger partial charge in [-0.1, -0.05) is 51.8 Å². The normalized spacial score (nSPS) is 18.8. The van der Waals surface area contributed by atoms with E-state index in [-0.39, 0.29) is 17.6 Å². The summed E-state index contributed by atoms with van der Waals surface area (Å²) in [5.74, 6) is 1.76. The fourth-order valence-electron chi connectivity index (χ4n) is 5.22. The predicted octanol–water partition coefficient (Wildman–Crippen LogP) is 6.67. The van der Waals surface area contributed by atoms with Crippen LogP contribution < -0.4 is 9.64 Å². The molecule has 0 radical (unpaired) electrons. The molecule has 0 aromatic carbocycles. The third kappa shape index (κ3) is 8.84. The van der Waals surface area contributed by atoms with Crippen LogP contribution in [0.15, 0.2) is 37.5 Å². The van der Waals surface area contributed by atoms with E-state index in [1.54, 1.807) is 18.2 Å². The number of hydrogen-bond donors (Lipinski definition) is 0. The van der Waals surface area contributed by atoms with Crippen molar-refractivity contribution in [1.82, 2.24) is 9.97 Å². The number of allylic oxidation sites excluding steroid dienone is 4. The number of ether oxygens (including phenoxy) is 1. The Labute approximate surface area is 224 Å². The minimum atomic E-state index is -0.263. The van der Waals surface area contributed by atoms with Crippen molar-refractivity contribution in [2.24, 2.45) is 23.7 Å². The molecule has 6 nitrogen and oxygen atoms in total. The summed E-state index contributed by atoms with van der Waals surface area (Å²) in [6.07, 6.45) is 14.4. The maximum atomic E-state index is 12.6. The number of carbonyl (C=O) groups excluding carboxylic acids is 1. The molecule has 37 heavy (non-hydrogen) atoms. The highest BCUT2D eigenvalue weighted by molar-refractivity contribution is 5.92. The highest BCUT2D eigenvalue weighted by Gasteiger charge is 2.27. The van der Waals surface area contributed by atoms with Gasteiger partial charge < -0.3 is 9.64 Å². The Morgan fingerprint density at radius 1 is 1.30 bits per heavy atom. The van der Waals surface area contributed by atoms with Gasteiger partial charge in [-0.15, -0.1) is 13.2 Å². The van der Waals surface area contributed by atoms with E-state index >= 15 is 0 Å². The zero-order valence-electron chi connectivity index (χ0n) is 23.4. The summed E-state index contributed by atoms with van der Waals surface area (Å²) in [6.45, 7) is 18.0. The molecule has 0 aliphatic heterocycles. The molecule has 3 unspecified atom stereocenters. The first kappa shape index (κ1) is 30.3. The average Bonchev–Trinajstić information content (AvgIpc) is 3.35. The molecule has 0 amide bonds. The Kier molecular flexibility index (Phi) is 13.1. The van der Waals surface area contributed by atoms with E-state index in [1.807, 2.05) is 6.92 Å². The minimum Gasteiger partial charge on any atom is -0.463 e. The van der Waals surface area contributed by atoms with Crippen LogP contribution in [0.3, 0.4) is 0 Å². The lowest BCUT2D eigenvalue weighted by Crippen LogP contribution is -2.33. The summed E-state index contributed by atoms with van der Waals surface area (Å²) in [6, 6.07) is 2.72. The van der Waals surface area contributed by atoms with Gasteiger partial charge in [0.1, 0.15) is 5.82 Å². The Hall–Kier alpha value is -2.94. The van der Waals surface area contributed by atoms with Crippen LogP contribution in [0.1, 0.15) is 77.5 Å². The zero-order chi connectivity index (χ0) is 27.2. The highest BCUT2D eigenvalue weighted by atomic mass is 16.5. The van der Waals surface area contributed by atoms with Crippen LogP contribution in [0, 0.1) is 35.0 Å². The maximum absolute atomic E-state index is 12.6. The topological polar surface area (TPSA) is 79.1 Å². The molecule has 202 valence electrons. The van der Waals surface area contributed by atoms with E-state index in [4.69, 9.17) is 14.7 Å². The number of rotatable bonds is 17. The van der Waals surface area contributed by atoms with Gasteiger partial charge in [0.2, 0.25) is 0 Å². The third-order valence-corrected chi connectivity index (χ3v) is 7.29. The lowest BCUT2D eigenvalue weighted by Gasteiger charge is -2.30. The molecule has 0 spiro atoms. The molecule has 0 bridgehead atoms. The van der Waals surface area contributed by atoms with E-state index in [0.717, 1.165) is 42.8 Å². The van der Waals surface area contributed by atoms with Gasteiger partial charge in [-0.05, 0) is 62.9 Å². The lowest BCUT2D eigenvalue weighted by atomic mass is 9.97. The molecule has 1 heterocycles. The first-order valence-corrected chi connectivity index (χ1v) is 14.0. The second-order valence-corrected chi connectivity index (χ2v) is 10.2. The van der Waals surface area contributed by atoms with Gasteiger partial charge in [-0.3, -0.25) is 4.79 Å². The molecule has 2 rings (SSSR count). The Morgan fingerprint density at radius 2 is 2.08 bits per heavy atom. The van der Waals surface area contributed by atoms with Crippen molar-refractivity contribution in [3.8, 4) is 12.1 Å². The first-order chi connectivity index (χ1) is 17.9. The molecule has 1 aromatic rings. The van der Waals surface area contributed by atoms with Crippen LogP contribution in [0.5, 0.6) is 6.01 Å². The van der Waals surface area contributed by atoms with Gasteiger partial charge >= 0.3 is 6.01 Å². The summed E-state index contributed by atoms with van der Waals surface area (Å²) >= 11 is 0. The molecule has 0 N–H and O–H groups in total. The van der Waals surface area contributed by atoms with Gasteiger partial charge in [-0.25, -0.2) is 0 Å². The van der Waals surface area contributed by atoms with E-state index in [2.05, 4.69) is 51.0 Å². The molecular weight excluding hydrogens is 460 g/mol. The lowest BCUT2D eigenvalue weighted by molar-refractivity contribution is -0.117. The second-order valence-electron chi connectivity index (χ2n) is 10.2. The molecular formula is C31H46N4O2. The van der Waals surface area contributed by atoms with E-state index in [1.165, 1.54) is 12.8 Å². The van der Waals surface area contributed by atoms with Crippen molar-refractivity contribution in [3.63, 3.8) is 0 Å². The molecule has 1 aliphatic carbocycles. The molecule has 1 aromatic heterocycles. The number of ketones is 1. The van der Waals surface area contributed by atoms with Gasteiger partial charge in [0, 0.05) is 31.0 Å². The van der Waals surface area contributed by atoms with Gasteiger partial charge in [0.15, 0.2) is 5.78 Å². The van der Waals surface area contributed by atoms with Gasteiger partial charge in [0.05, 0.1) is 18.4 Å². The number of aryl methyl sites for hydroxylation is 1. The number of hydrogen-bond acceptors (Lipinski definition) is 6. The number of nitrogens with zero attached hydrogens (tertiary/aromatic N) is 4. The summed E-state index contributed by atoms with van der Waals surface area (Å²) in [4.78, 5) is 24.6. The van der Waals surface area contributed by atoms with E-state index in [0.29, 0.717) is 50.4 Å². The molecule has 6 heteroatoms. The van der Waals surface area contributed by atoms with Crippen LogP contribution in [0.25, 0.3) is 0 Å². The molecule has 1 saturated carbocycles. The molecule has 0 saturated heterocycles. The van der Waals surface area contributed by atoms with Crippen LogP contribution in [0.2, 0.25) is 0 Å². The largest absolute Gasteiger partial charge is 0.463 e. The number of anilines is 1. The van der Waals surface area contributed by atoms with Crippen LogP contribution in [-0.2, 0) is 17.6 Å². The number of aromatic nitrogens is 2. The minimum absolute atomic E-state index is 0.0607. The van der Waals surface area contributed by atoms with Crippen LogP contribution >= 0.6 is 0 Å². The maximum Gasteiger partial charge on any atom is 0.318 e. The van der Waals surface area contributed by atoms with Crippen LogP contribution in [0.4, 0.5) is 5.82 Å². The summed E-state index contributed by atoms with van der Waals surface area (Å²) in [5.41, 5.74) is 2.15. The fourth-order valence-corrected chi connectivity index (χ4v) is 5.22. The van der Waals surface area contributed by atoms with Crippen molar-refractivity contribution >= 4 is 11.6 Å². The quantitative estimate of drug-likeness (QED) is 0.173. The van der Waals surface area contributed by atoms with Crippen molar-refractivity contribution in [1.29, 1.82) is 5.26 Å². The third-order valence-electron chi connectivity index (χ3n) is 7.29. The van der Waals surface area contributed by atoms with Gasteiger partial charge in [-0.2, -0.15) is 15.2 Å². The van der Waals surface area contributed by atoms with Crippen molar-refractivity contribution in [3.05, 3.63) is 48.7 Å². The zero-order valence-corrected chi connectivity index (χ0v) is 23.4. The smallest absolute Gasteiger partial charge is 0.318 e. The Bertz CT molecular complexity index is 965. The molecule has 1 aliphatic rings. The number of nitriles is 1. The molecule has 4 atom stereocenters. The van der Waals surface area contributed by atoms with Crippen LogP contribution in [-0.4, -0.2) is 35.4 Å². The Balaban J connectivity index is 2.42. The van der Waals surface area contributed by atoms with Gasteiger partial charge in [0.25, 0.3) is 0 Å². The second kappa shape index (κ2) is 16.0. The predicted molar refractivity (Wildman–Crippen MR) is 152 cm³/mol.